The van der Waals surface area contributed by atoms with Gasteiger partial charge < -0.3 is 15.6 Å². The fourth-order valence-electron chi connectivity index (χ4n) is 1.98. The number of aromatic carboxylic acids is 1. The highest BCUT2D eigenvalue weighted by atomic mass is 16.5. The molecule has 0 heterocycles. The summed E-state index contributed by atoms with van der Waals surface area (Å²) in [6.45, 7) is 0. The predicted molar refractivity (Wildman–Crippen MR) is 74.6 cm³/mol. The number of esters is 1. The second kappa shape index (κ2) is 5.44. The lowest BCUT2D eigenvalue weighted by Gasteiger charge is -2.11. The van der Waals surface area contributed by atoms with Gasteiger partial charge in [-0.15, -0.1) is 0 Å². The number of ether oxygens (including phenoxy) is 1. The van der Waals surface area contributed by atoms with E-state index in [-0.39, 0.29) is 5.56 Å². The monoisotopic (exact) mass is 271 g/mol. The number of carboxylic acid groups (broad SMARTS) is 1. The maximum absolute atomic E-state index is 11.8. The third kappa shape index (κ3) is 2.47. The Kier molecular flexibility index (Phi) is 3.70. The van der Waals surface area contributed by atoms with Crippen molar-refractivity contribution in [2.24, 2.45) is 0 Å². The van der Waals surface area contributed by atoms with Gasteiger partial charge in [0.1, 0.15) is 0 Å². The molecule has 0 fully saturated rings. The van der Waals surface area contributed by atoms with E-state index >= 15 is 0 Å². The SMILES string of the molecule is COC(=O)c1ccccc1-c1ccc(N)cc1C(=O)O. The van der Waals surface area contributed by atoms with Gasteiger partial charge in [-0.1, -0.05) is 24.3 Å². The summed E-state index contributed by atoms with van der Waals surface area (Å²) in [5, 5.41) is 9.27. The zero-order valence-corrected chi connectivity index (χ0v) is 10.8. The lowest BCUT2D eigenvalue weighted by atomic mass is 9.95. The predicted octanol–water partition coefficient (Wildman–Crippen LogP) is 2.42. The Labute approximate surface area is 115 Å². The number of nitrogens with two attached hydrogens (primary N) is 1. The molecule has 0 aliphatic heterocycles. The lowest BCUT2D eigenvalue weighted by Crippen LogP contribution is -2.06. The fourth-order valence-corrected chi connectivity index (χ4v) is 1.98. The molecule has 2 aromatic rings. The van der Waals surface area contributed by atoms with E-state index in [0.717, 1.165) is 0 Å². The van der Waals surface area contributed by atoms with Crippen LogP contribution in [0.15, 0.2) is 42.5 Å². The van der Waals surface area contributed by atoms with Gasteiger partial charge in [0.05, 0.1) is 18.2 Å². The zero-order valence-electron chi connectivity index (χ0n) is 10.8. The summed E-state index contributed by atoms with van der Waals surface area (Å²) in [7, 11) is 1.28. The molecule has 0 saturated heterocycles. The summed E-state index contributed by atoms with van der Waals surface area (Å²) >= 11 is 0. The second-order valence-electron chi connectivity index (χ2n) is 4.15. The summed E-state index contributed by atoms with van der Waals surface area (Å²) in [5.74, 6) is -1.62. The van der Waals surface area contributed by atoms with Crippen molar-refractivity contribution in [3.05, 3.63) is 53.6 Å². The molecule has 5 nitrogen and oxygen atoms in total. The van der Waals surface area contributed by atoms with E-state index in [1.807, 2.05) is 0 Å². The van der Waals surface area contributed by atoms with Gasteiger partial charge in [0.25, 0.3) is 0 Å². The van der Waals surface area contributed by atoms with E-state index in [9.17, 15) is 14.7 Å². The number of hydrogen-bond donors (Lipinski definition) is 2. The van der Waals surface area contributed by atoms with Crippen LogP contribution in [0.1, 0.15) is 20.7 Å². The molecule has 0 unspecified atom stereocenters. The van der Waals surface area contributed by atoms with E-state index in [1.54, 1.807) is 36.4 Å². The highest BCUT2D eigenvalue weighted by Gasteiger charge is 2.18. The minimum absolute atomic E-state index is 0.0429. The molecule has 2 aromatic carbocycles. The van der Waals surface area contributed by atoms with Gasteiger partial charge >= 0.3 is 11.9 Å². The number of benzene rings is 2. The highest BCUT2D eigenvalue weighted by Crippen LogP contribution is 2.29. The topological polar surface area (TPSA) is 89.6 Å². The fraction of sp³-hybridized carbons (Fsp3) is 0.0667. The van der Waals surface area contributed by atoms with Gasteiger partial charge in [0.15, 0.2) is 0 Å². The van der Waals surface area contributed by atoms with Crippen LogP contribution in [-0.2, 0) is 4.74 Å². The average Bonchev–Trinajstić information content (AvgIpc) is 2.46. The Morgan fingerprint density at radius 2 is 1.70 bits per heavy atom. The van der Waals surface area contributed by atoms with Gasteiger partial charge in [-0.25, -0.2) is 9.59 Å². The summed E-state index contributed by atoms with van der Waals surface area (Å²) in [6.07, 6.45) is 0. The Morgan fingerprint density at radius 1 is 1.05 bits per heavy atom. The van der Waals surface area contributed by atoms with Crippen LogP contribution >= 0.6 is 0 Å². The van der Waals surface area contributed by atoms with Gasteiger partial charge in [0.2, 0.25) is 0 Å². The standard InChI is InChI=1S/C15H13NO4/c1-20-15(19)12-5-3-2-4-10(12)11-7-6-9(16)8-13(11)14(17)18/h2-8H,16H2,1H3,(H,17,18). The third-order valence-corrected chi connectivity index (χ3v) is 2.90. The molecule has 5 heteroatoms. The molecule has 0 spiro atoms. The van der Waals surface area contributed by atoms with Crippen molar-refractivity contribution in [2.45, 2.75) is 0 Å². The molecular weight excluding hydrogens is 258 g/mol. The number of carboxylic acids is 1. The van der Waals surface area contributed by atoms with Crippen molar-refractivity contribution in [3.63, 3.8) is 0 Å². The Balaban J connectivity index is 2.69. The van der Waals surface area contributed by atoms with Gasteiger partial charge in [-0.05, 0) is 29.3 Å². The van der Waals surface area contributed by atoms with Crippen LogP contribution in [-0.4, -0.2) is 24.2 Å². The molecule has 20 heavy (non-hydrogen) atoms. The van der Waals surface area contributed by atoms with E-state index in [0.29, 0.717) is 22.4 Å². The van der Waals surface area contributed by atoms with E-state index < -0.39 is 11.9 Å². The normalized spacial score (nSPS) is 10.1. The smallest absolute Gasteiger partial charge is 0.338 e. The van der Waals surface area contributed by atoms with Gasteiger partial charge in [-0.2, -0.15) is 0 Å². The molecule has 0 aromatic heterocycles. The molecule has 3 N–H and O–H groups in total. The van der Waals surface area contributed by atoms with Gasteiger partial charge in [0, 0.05) is 5.69 Å². The molecule has 0 radical (unpaired) electrons. The average molecular weight is 271 g/mol. The molecular formula is C15H13NO4. The summed E-state index contributed by atoms with van der Waals surface area (Å²) in [6, 6.07) is 11.2. The minimum atomic E-state index is -1.10. The van der Waals surface area contributed by atoms with Crippen LogP contribution in [0.3, 0.4) is 0 Å². The molecule has 0 aliphatic carbocycles. The van der Waals surface area contributed by atoms with Crippen LogP contribution in [0.2, 0.25) is 0 Å². The minimum Gasteiger partial charge on any atom is -0.478 e. The first-order chi connectivity index (χ1) is 9.54. The summed E-state index contributed by atoms with van der Waals surface area (Å²) < 4.78 is 4.71. The Hall–Kier alpha value is -2.82. The van der Waals surface area contributed by atoms with Gasteiger partial charge in [-0.3, -0.25) is 0 Å². The van der Waals surface area contributed by atoms with Crippen LogP contribution in [0.4, 0.5) is 5.69 Å². The molecule has 0 amide bonds. The van der Waals surface area contributed by atoms with Crippen molar-refractivity contribution < 1.29 is 19.4 Å². The van der Waals surface area contributed by atoms with Crippen LogP contribution in [0.5, 0.6) is 0 Å². The van der Waals surface area contributed by atoms with Crippen molar-refractivity contribution in [2.75, 3.05) is 12.8 Å². The Morgan fingerprint density at radius 3 is 2.35 bits per heavy atom. The molecule has 2 rings (SSSR count). The highest BCUT2D eigenvalue weighted by molar-refractivity contribution is 6.03. The van der Waals surface area contributed by atoms with Crippen LogP contribution < -0.4 is 5.73 Å². The molecule has 0 aliphatic rings. The first kappa shape index (κ1) is 13.6. The van der Waals surface area contributed by atoms with Crippen LogP contribution in [0, 0.1) is 0 Å². The van der Waals surface area contributed by atoms with Crippen molar-refractivity contribution in [1.82, 2.24) is 0 Å². The number of carbonyl (C=O) groups excluding carboxylic acids is 1. The van der Waals surface area contributed by atoms with Crippen molar-refractivity contribution >= 4 is 17.6 Å². The van der Waals surface area contributed by atoms with Crippen molar-refractivity contribution in [3.8, 4) is 11.1 Å². The first-order valence-electron chi connectivity index (χ1n) is 5.85. The van der Waals surface area contributed by atoms with E-state index in [1.165, 1.54) is 13.2 Å². The van der Waals surface area contributed by atoms with E-state index in [2.05, 4.69) is 0 Å². The quantitative estimate of drug-likeness (QED) is 0.661. The maximum atomic E-state index is 11.8. The number of nitrogen functional groups attached to an aromatic ring is 1. The van der Waals surface area contributed by atoms with Crippen molar-refractivity contribution in [1.29, 1.82) is 0 Å². The number of rotatable bonds is 3. The number of carbonyl (C=O) groups is 2. The summed E-state index contributed by atoms with van der Waals surface area (Å²) in [4.78, 5) is 23.1. The lowest BCUT2D eigenvalue weighted by molar-refractivity contribution is 0.0600. The maximum Gasteiger partial charge on any atom is 0.338 e. The number of hydrogen-bond acceptors (Lipinski definition) is 4. The Bertz CT molecular complexity index is 679. The number of methoxy groups -OCH3 is 1. The zero-order chi connectivity index (χ0) is 14.7. The molecule has 102 valence electrons. The van der Waals surface area contributed by atoms with Crippen LogP contribution in [0.25, 0.3) is 11.1 Å². The van der Waals surface area contributed by atoms with E-state index in [4.69, 9.17) is 10.5 Å². The number of anilines is 1. The first-order valence-corrected chi connectivity index (χ1v) is 5.85. The molecule has 0 atom stereocenters. The largest absolute Gasteiger partial charge is 0.478 e. The summed E-state index contributed by atoms with van der Waals surface area (Å²) in [5.41, 5.74) is 7.23. The molecule has 0 saturated carbocycles. The molecule has 0 bridgehead atoms. The second-order valence-corrected chi connectivity index (χ2v) is 4.15. The third-order valence-electron chi connectivity index (χ3n) is 2.90.